The van der Waals surface area contributed by atoms with Gasteiger partial charge in [-0.2, -0.15) is 0 Å². The molecule has 130 valence electrons. The summed E-state index contributed by atoms with van der Waals surface area (Å²) >= 11 is 1.94. The molecule has 0 saturated carbocycles. The number of benzene rings is 2. The maximum absolute atomic E-state index is 12.5. The van der Waals surface area contributed by atoms with Crippen LogP contribution in [-0.4, -0.2) is 24.9 Å². The number of ether oxygens (including phenoxy) is 1. The summed E-state index contributed by atoms with van der Waals surface area (Å²) in [4.78, 5) is 13.9. The molecule has 4 rings (SSSR count). The van der Waals surface area contributed by atoms with Crippen molar-refractivity contribution in [2.45, 2.75) is 36.1 Å². The normalized spacial score (nSPS) is 18.1. The zero-order valence-corrected chi connectivity index (χ0v) is 15.1. The van der Waals surface area contributed by atoms with Crippen LogP contribution >= 0.6 is 11.8 Å². The zero-order valence-electron chi connectivity index (χ0n) is 14.3. The Labute approximate surface area is 153 Å². The molecule has 1 fully saturated rings. The third kappa shape index (κ3) is 3.60. The topological polar surface area (TPSA) is 38.3 Å². The second-order valence-electron chi connectivity index (χ2n) is 6.99. The minimum absolute atomic E-state index is 0.0965. The van der Waals surface area contributed by atoms with E-state index in [1.54, 1.807) is 0 Å². The lowest BCUT2D eigenvalue weighted by atomic mass is 9.75. The summed E-state index contributed by atoms with van der Waals surface area (Å²) in [5, 5.41) is 3.10. The van der Waals surface area contributed by atoms with Gasteiger partial charge in [0.2, 0.25) is 5.91 Å². The van der Waals surface area contributed by atoms with Crippen LogP contribution in [0.3, 0.4) is 0 Å². The lowest BCUT2D eigenvalue weighted by Gasteiger charge is -2.41. The van der Waals surface area contributed by atoms with E-state index in [2.05, 4.69) is 35.6 Å². The van der Waals surface area contributed by atoms with Crippen LogP contribution in [-0.2, 0) is 27.9 Å². The summed E-state index contributed by atoms with van der Waals surface area (Å²) in [7, 11) is 0. The molecule has 0 aliphatic carbocycles. The van der Waals surface area contributed by atoms with Gasteiger partial charge in [-0.3, -0.25) is 4.79 Å². The Bertz CT molecular complexity index is 756. The highest BCUT2D eigenvalue weighted by atomic mass is 32.2. The Morgan fingerprint density at radius 1 is 1.16 bits per heavy atom. The molecule has 3 nitrogen and oxygen atoms in total. The van der Waals surface area contributed by atoms with E-state index in [9.17, 15) is 4.79 Å². The molecule has 2 heterocycles. The molecule has 2 aliphatic heterocycles. The molecule has 0 radical (unpaired) electrons. The largest absolute Gasteiger partial charge is 0.379 e. The molecule has 0 spiro atoms. The van der Waals surface area contributed by atoms with Gasteiger partial charge >= 0.3 is 0 Å². The second kappa shape index (κ2) is 7.22. The smallest absolute Gasteiger partial charge is 0.221 e. The van der Waals surface area contributed by atoms with Crippen molar-refractivity contribution < 1.29 is 9.53 Å². The molecule has 2 aromatic carbocycles. The highest BCUT2D eigenvalue weighted by Crippen LogP contribution is 2.35. The fourth-order valence-electron chi connectivity index (χ4n) is 3.61. The van der Waals surface area contributed by atoms with Gasteiger partial charge in [0.25, 0.3) is 0 Å². The van der Waals surface area contributed by atoms with Gasteiger partial charge in [-0.05, 0) is 41.4 Å². The highest BCUT2D eigenvalue weighted by molar-refractivity contribution is 7.99. The van der Waals surface area contributed by atoms with Gasteiger partial charge in [0.1, 0.15) is 0 Å². The van der Waals surface area contributed by atoms with Crippen molar-refractivity contribution in [3.8, 4) is 0 Å². The fourth-order valence-corrected chi connectivity index (χ4v) is 4.62. The number of nitrogens with one attached hydrogen (secondary N) is 1. The van der Waals surface area contributed by atoms with Crippen molar-refractivity contribution in [3.05, 3.63) is 65.2 Å². The van der Waals surface area contributed by atoms with Crippen molar-refractivity contribution in [2.75, 3.05) is 19.0 Å². The van der Waals surface area contributed by atoms with Crippen LogP contribution in [0.15, 0.2) is 53.4 Å². The first-order chi connectivity index (χ1) is 12.3. The highest BCUT2D eigenvalue weighted by Gasteiger charge is 2.41. The minimum Gasteiger partial charge on any atom is -0.379 e. The first kappa shape index (κ1) is 16.7. The lowest BCUT2D eigenvalue weighted by molar-refractivity contribution is -0.129. The predicted octanol–water partition coefficient (Wildman–Crippen LogP) is 3.70. The van der Waals surface area contributed by atoms with Gasteiger partial charge in [-0.25, -0.2) is 0 Å². The van der Waals surface area contributed by atoms with Gasteiger partial charge in [-0.15, -0.1) is 11.8 Å². The van der Waals surface area contributed by atoms with Crippen molar-refractivity contribution >= 4 is 17.7 Å². The first-order valence-electron chi connectivity index (χ1n) is 8.90. The molecule has 25 heavy (non-hydrogen) atoms. The van der Waals surface area contributed by atoms with Crippen LogP contribution < -0.4 is 5.32 Å². The number of aryl methyl sites for hydroxylation is 1. The van der Waals surface area contributed by atoms with Crippen molar-refractivity contribution in [3.63, 3.8) is 0 Å². The van der Waals surface area contributed by atoms with Crippen molar-refractivity contribution in [1.29, 1.82) is 0 Å². The number of hydrogen-bond donors (Lipinski definition) is 1. The molecule has 2 aromatic rings. The average molecular weight is 353 g/mol. The first-order valence-corrected chi connectivity index (χ1v) is 9.88. The fraction of sp³-hybridized carbons (Fsp3) is 0.381. The van der Waals surface area contributed by atoms with Gasteiger partial charge in [0, 0.05) is 17.9 Å². The van der Waals surface area contributed by atoms with E-state index in [-0.39, 0.29) is 11.3 Å². The quantitative estimate of drug-likeness (QED) is 0.891. The molecule has 2 aliphatic rings. The number of hydrogen-bond acceptors (Lipinski definition) is 3. The molecule has 4 heteroatoms. The van der Waals surface area contributed by atoms with E-state index >= 15 is 0 Å². The maximum Gasteiger partial charge on any atom is 0.221 e. The second-order valence-corrected chi connectivity index (χ2v) is 8.12. The van der Waals surface area contributed by atoms with Crippen LogP contribution in [0, 0.1) is 0 Å². The molecule has 0 aromatic heterocycles. The molecule has 1 saturated heterocycles. The monoisotopic (exact) mass is 353 g/mol. The summed E-state index contributed by atoms with van der Waals surface area (Å²) in [6, 6.07) is 16.8. The van der Waals surface area contributed by atoms with Crippen LogP contribution in [0.2, 0.25) is 0 Å². The molecule has 0 bridgehead atoms. The average Bonchev–Trinajstić information content (AvgIpc) is 2.63. The molecule has 0 atom stereocenters. The molecular formula is C21H23NO2S. The van der Waals surface area contributed by atoms with Gasteiger partial charge in [0.15, 0.2) is 0 Å². The van der Waals surface area contributed by atoms with Crippen LogP contribution in [0.5, 0.6) is 0 Å². The molecule has 0 unspecified atom stereocenters. The van der Waals surface area contributed by atoms with Crippen molar-refractivity contribution in [2.24, 2.45) is 0 Å². The maximum atomic E-state index is 12.5. The Balaban J connectivity index is 1.38. The zero-order chi connectivity index (χ0) is 17.1. The Morgan fingerprint density at radius 2 is 2.00 bits per heavy atom. The summed E-state index contributed by atoms with van der Waals surface area (Å²) in [5.74, 6) is 1.31. The van der Waals surface area contributed by atoms with Crippen LogP contribution in [0.1, 0.15) is 29.5 Å². The molecule has 1 N–H and O–H groups in total. The van der Waals surface area contributed by atoms with E-state index in [1.807, 2.05) is 30.0 Å². The van der Waals surface area contributed by atoms with E-state index in [4.69, 9.17) is 4.74 Å². The molecule has 1 amide bonds. The third-order valence-electron chi connectivity index (χ3n) is 5.10. The number of carbonyl (C=O) groups is 1. The van der Waals surface area contributed by atoms with Crippen LogP contribution in [0.25, 0.3) is 0 Å². The van der Waals surface area contributed by atoms with Crippen molar-refractivity contribution in [1.82, 2.24) is 5.32 Å². The minimum atomic E-state index is -0.155. The van der Waals surface area contributed by atoms with E-state index in [1.165, 1.54) is 33.8 Å². The van der Waals surface area contributed by atoms with Gasteiger partial charge in [0.05, 0.1) is 18.6 Å². The van der Waals surface area contributed by atoms with Gasteiger partial charge in [-0.1, -0.05) is 42.5 Å². The summed E-state index contributed by atoms with van der Waals surface area (Å²) in [6.45, 7) is 1.85. The number of rotatable bonds is 5. The summed E-state index contributed by atoms with van der Waals surface area (Å²) < 4.78 is 5.44. The number of amides is 1. The Kier molecular flexibility index (Phi) is 4.82. The Hall–Kier alpha value is -1.78. The summed E-state index contributed by atoms with van der Waals surface area (Å²) in [5.41, 5.74) is 3.66. The SMILES string of the molecule is O=C(CC1(c2ccccc2)COC1)NCc1ccc2c(c1)CCCS2. The van der Waals surface area contributed by atoms with E-state index < -0.39 is 0 Å². The standard InChI is InChI=1S/C21H23NO2S/c23-20(12-21(14-24-15-21)18-6-2-1-3-7-18)22-13-16-8-9-19-17(11-16)5-4-10-25-19/h1-3,6-9,11H,4-5,10,12-15H2,(H,22,23). The number of fused-ring (bicyclic) bond motifs is 1. The summed E-state index contributed by atoms with van der Waals surface area (Å²) in [6.07, 6.45) is 2.88. The van der Waals surface area contributed by atoms with Gasteiger partial charge < -0.3 is 10.1 Å². The van der Waals surface area contributed by atoms with E-state index in [0.29, 0.717) is 26.2 Å². The van der Waals surface area contributed by atoms with E-state index in [0.717, 1.165) is 6.42 Å². The third-order valence-corrected chi connectivity index (χ3v) is 6.31. The number of thioether (sulfide) groups is 1. The van der Waals surface area contributed by atoms with Crippen LogP contribution in [0.4, 0.5) is 0 Å². The number of carbonyl (C=O) groups excluding carboxylic acids is 1. The Morgan fingerprint density at radius 3 is 2.76 bits per heavy atom. The lowest BCUT2D eigenvalue weighted by Crippen LogP contribution is -2.49. The molecular weight excluding hydrogens is 330 g/mol. The predicted molar refractivity (Wildman–Crippen MR) is 101 cm³/mol.